The summed E-state index contributed by atoms with van der Waals surface area (Å²) in [6, 6.07) is 5.30. The van der Waals surface area contributed by atoms with Gasteiger partial charge in [0.1, 0.15) is 0 Å². The first kappa shape index (κ1) is 9.34. The molecule has 1 aromatic rings. The molecule has 0 radical (unpaired) electrons. The Hall–Kier alpha value is -1.22. The van der Waals surface area contributed by atoms with Crippen LogP contribution in [-0.4, -0.2) is 12.5 Å². The molecule has 1 aliphatic carbocycles. The van der Waals surface area contributed by atoms with Gasteiger partial charge in [0.15, 0.2) is 12.5 Å². The SMILES string of the molecule is NC1CCc2ccc(C(=O)CF)cc21. The third kappa shape index (κ3) is 1.44. The molecule has 3 heteroatoms. The number of carbonyl (C=O) groups excluding carboxylic acids is 1. The van der Waals surface area contributed by atoms with Gasteiger partial charge in [0.05, 0.1) is 0 Å². The summed E-state index contributed by atoms with van der Waals surface area (Å²) < 4.78 is 12.1. The van der Waals surface area contributed by atoms with E-state index in [1.165, 1.54) is 5.56 Å². The predicted molar refractivity (Wildman–Crippen MR) is 52.0 cm³/mol. The highest BCUT2D eigenvalue weighted by molar-refractivity contribution is 5.97. The molecule has 0 aromatic heterocycles. The van der Waals surface area contributed by atoms with Crippen molar-refractivity contribution in [3.8, 4) is 0 Å². The number of halogens is 1. The summed E-state index contributed by atoms with van der Waals surface area (Å²) in [5, 5.41) is 0. The molecular formula is C11H12FNO. The zero-order chi connectivity index (χ0) is 10.1. The fraction of sp³-hybridized carbons (Fsp3) is 0.364. The number of carbonyl (C=O) groups is 1. The van der Waals surface area contributed by atoms with Gasteiger partial charge in [0.2, 0.25) is 0 Å². The molecule has 0 amide bonds. The number of aryl methyl sites for hydroxylation is 1. The van der Waals surface area contributed by atoms with Gasteiger partial charge in [-0.05, 0) is 30.0 Å². The molecular weight excluding hydrogens is 181 g/mol. The van der Waals surface area contributed by atoms with Crippen molar-refractivity contribution in [2.45, 2.75) is 18.9 Å². The molecule has 0 heterocycles. The second kappa shape index (κ2) is 3.50. The van der Waals surface area contributed by atoms with Gasteiger partial charge in [0, 0.05) is 11.6 Å². The maximum absolute atomic E-state index is 12.1. The summed E-state index contributed by atoms with van der Waals surface area (Å²) in [6.07, 6.45) is 1.88. The van der Waals surface area contributed by atoms with E-state index in [-0.39, 0.29) is 6.04 Å². The zero-order valence-electron chi connectivity index (χ0n) is 7.79. The Bertz CT molecular complexity index is 376. The van der Waals surface area contributed by atoms with E-state index in [0.29, 0.717) is 5.56 Å². The van der Waals surface area contributed by atoms with Crippen LogP contribution in [0.3, 0.4) is 0 Å². The first-order valence-electron chi connectivity index (χ1n) is 4.70. The van der Waals surface area contributed by atoms with Crippen molar-refractivity contribution in [1.82, 2.24) is 0 Å². The molecule has 2 nitrogen and oxygen atoms in total. The highest BCUT2D eigenvalue weighted by Crippen LogP contribution is 2.29. The van der Waals surface area contributed by atoms with Crippen LogP contribution in [0.5, 0.6) is 0 Å². The number of nitrogens with two attached hydrogens (primary N) is 1. The van der Waals surface area contributed by atoms with E-state index in [4.69, 9.17) is 5.73 Å². The summed E-state index contributed by atoms with van der Waals surface area (Å²) in [5.74, 6) is -0.466. The van der Waals surface area contributed by atoms with E-state index in [2.05, 4.69) is 0 Å². The molecule has 1 unspecified atom stereocenters. The summed E-state index contributed by atoms with van der Waals surface area (Å²) >= 11 is 0. The molecule has 2 N–H and O–H groups in total. The summed E-state index contributed by atoms with van der Waals surface area (Å²) in [4.78, 5) is 11.1. The first-order chi connectivity index (χ1) is 6.72. The van der Waals surface area contributed by atoms with Crippen molar-refractivity contribution < 1.29 is 9.18 Å². The first-order valence-corrected chi connectivity index (χ1v) is 4.70. The number of Topliss-reactive ketones (excluding diaryl/α,β-unsaturated/α-hetero) is 1. The van der Waals surface area contributed by atoms with E-state index in [1.807, 2.05) is 6.07 Å². The van der Waals surface area contributed by atoms with Crippen molar-refractivity contribution in [2.24, 2.45) is 5.73 Å². The van der Waals surface area contributed by atoms with E-state index < -0.39 is 12.5 Å². The lowest BCUT2D eigenvalue weighted by molar-refractivity contribution is 0.0958. The predicted octanol–water partition coefficient (Wildman–Crippen LogP) is 1.78. The monoisotopic (exact) mass is 193 g/mol. The van der Waals surface area contributed by atoms with Crippen LogP contribution in [0.2, 0.25) is 0 Å². The lowest BCUT2D eigenvalue weighted by Crippen LogP contribution is -2.07. The Balaban J connectivity index is 2.39. The molecule has 0 saturated heterocycles. The largest absolute Gasteiger partial charge is 0.324 e. The third-order valence-electron chi connectivity index (χ3n) is 2.71. The molecule has 0 fully saturated rings. The lowest BCUT2D eigenvalue weighted by Gasteiger charge is -2.06. The second-order valence-corrected chi connectivity index (χ2v) is 3.62. The minimum absolute atomic E-state index is 0.0114. The number of fused-ring (bicyclic) bond motifs is 1. The van der Waals surface area contributed by atoms with Crippen LogP contribution in [0.15, 0.2) is 18.2 Å². The molecule has 0 bridgehead atoms. The van der Waals surface area contributed by atoms with E-state index in [9.17, 15) is 9.18 Å². The van der Waals surface area contributed by atoms with Crippen LogP contribution >= 0.6 is 0 Å². The highest BCUT2D eigenvalue weighted by Gasteiger charge is 2.20. The minimum atomic E-state index is -0.936. The van der Waals surface area contributed by atoms with Gasteiger partial charge < -0.3 is 5.73 Å². The van der Waals surface area contributed by atoms with Gasteiger partial charge in [-0.15, -0.1) is 0 Å². The summed E-state index contributed by atoms with van der Waals surface area (Å²) in [5.41, 5.74) is 8.48. The van der Waals surface area contributed by atoms with E-state index in [1.54, 1.807) is 12.1 Å². The maximum Gasteiger partial charge on any atom is 0.193 e. The fourth-order valence-corrected chi connectivity index (χ4v) is 1.88. The van der Waals surface area contributed by atoms with Crippen LogP contribution in [0.4, 0.5) is 4.39 Å². The van der Waals surface area contributed by atoms with Crippen LogP contribution in [-0.2, 0) is 6.42 Å². The number of rotatable bonds is 2. The van der Waals surface area contributed by atoms with Crippen molar-refractivity contribution in [3.05, 3.63) is 34.9 Å². The number of hydrogen-bond donors (Lipinski definition) is 1. The molecule has 1 aliphatic rings. The Morgan fingerprint density at radius 2 is 2.36 bits per heavy atom. The zero-order valence-corrected chi connectivity index (χ0v) is 7.79. The number of ketones is 1. The molecule has 1 atom stereocenters. The average Bonchev–Trinajstić information content (AvgIpc) is 2.59. The topological polar surface area (TPSA) is 43.1 Å². The number of benzene rings is 1. The number of hydrogen-bond acceptors (Lipinski definition) is 2. The molecule has 0 aliphatic heterocycles. The normalized spacial score (nSPS) is 19.4. The van der Waals surface area contributed by atoms with Crippen molar-refractivity contribution >= 4 is 5.78 Å². The molecule has 14 heavy (non-hydrogen) atoms. The van der Waals surface area contributed by atoms with Crippen molar-refractivity contribution in [1.29, 1.82) is 0 Å². The maximum atomic E-state index is 12.1. The molecule has 1 aromatic carbocycles. The van der Waals surface area contributed by atoms with Gasteiger partial charge in [-0.1, -0.05) is 12.1 Å². The molecule has 2 rings (SSSR count). The Morgan fingerprint density at radius 1 is 1.57 bits per heavy atom. The molecule has 0 spiro atoms. The van der Waals surface area contributed by atoms with Gasteiger partial charge in [0.25, 0.3) is 0 Å². The quantitative estimate of drug-likeness (QED) is 0.727. The molecule has 0 saturated carbocycles. The molecule has 74 valence electrons. The third-order valence-corrected chi connectivity index (χ3v) is 2.71. The van der Waals surface area contributed by atoms with Crippen LogP contribution < -0.4 is 5.73 Å². The van der Waals surface area contributed by atoms with Crippen molar-refractivity contribution in [3.63, 3.8) is 0 Å². The number of alkyl halides is 1. The standard InChI is InChI=1S/C11H12FNO/c12-6-11(14)8-2-1-7-3-4-10(13)9(7)5-8/h1-2,5,10H,3-4,6,13H2. The second-order valence-electron chi connectivity index (χ2n) is 3.62. The highest BCUT2D eigenvalue weighted by atomic mass is 19.1. The minimum Gasteiger partial charge on any atom is -0.324 e. The van der Waals surface area contributed by atoms with Crippen LogP contribution in [0.25, 0.3) is 0 Å². The van der Waals surface area contributed by atoms with Gasteiger partial charge in [-0.25, -0.2) is 4.39 Å². The van der Waals surface area contributed by atoms with Gasteiger partial charge in [-0.2, -0.15) is 0 Å². The lowest BCUT2D eigenvalue weighted by atomic mass is 10.0. The summed E-state index contributed by atoms with van der Waals surface area (Å²) in [7, 11) is 0. The van der Waals surface area contributed by atoms with Crippen LogP contribution in [0, 0.1) is 0 Å². The Labute approximate surface area is 81.9 Å². The van der Waals surface area contributed by atoms with Crippen molar-refractivity contribution in [2.75, 3.05) is 6.67 Å². The van der Waals surface area contributed by atoms with Gasteiger partial charge in [-0.3, -0.25) is 4.79 Å². The fourth-order valence-electron chi connectivity index (χ4n) is 1.88. The Kier molecular flexibility index (Phi) is 2.33. The summed E-state index contributed by atoms with van der Waals surface area (Å²) in [6.45, 7) is -0.936. The average molecular weight is 193 g/mol. The van der Waals surface area contributed by atoms with Gasteiger partial charge >= 0.3 is 0 Å². The van der Waals surface area contributed by atoms with E-state index >= 15 is 0 Å². The van der Waals surface area contributed by atoms with E-state index in [0.717, 1.165) is 18.4 Å². The Morgan fingerprint density at radius 3 is 3.07 bits per heavy atom. The smallest absolute Gasteiger partial charge is 0.193 e. The van der Waals surface area contributed by atoms with Crippen LogP contribution in [0.1, 0.15) is 33.9 Å².